The summed E-state index contributed by atoms with van der Waals surface area (Å²) in [5.74, 6) is 0. The van der Waals surface area contributed by atoms with E-state index in [1.165, 1.54) is 0 Å². The normalized spacial score (nSPS) is 29.5. The van der Waals surface area contributed by atoms with Crippen LogP contribution in [0, 0.1) is 0 Å². The van der Waals surface area contributed by atoms with Crippen molar-refractivity contribution >= 4 is 12.4 Å². The molecule has 4 nitrogen and oxygen atoms in total. The third kappa shape index (κ3) is 4.71. The molecule has 1 rings (SSSR count). The minimum atomic E-state index is -1.72. The highest BCUT2D eigenvalue weighted by atomic mass is 19.1. The fourth-order valence-electron chi connectivity index (χ4n) is 1.79. The van der Waals surface area contributed by atoms with Crippen molar-refractivity contribution in [3.63, 3.8) is 0 Å². The van der Waals surface area contributed by atoms with Crippen molar-refractivity contribution in [2.75, 3.05) is 0 Å². The molecule has 0 aliphatic heterocycles. The maximum atomic E-state index is 13.6. The Bertz CT molecular complexity index is 291. The third-order valence-electron chi connectivity index (χ3n) is 2.73. The van der Waals surface area contributed by atoms with Gasteiger partial charge in [-0.2, -0.15) is 0 Å². The summed E-state index contributed by atoms with van der Waals surface area (Å²) in [7, 11) is 0. The highest BCUT2D eigenvalue weighted by Crippen LogP contribution is 2.31. The van der Waals surface area contributed by atoms with Crippen LogP contribution in [0.4, 0.5) is 9.18 Å². The van der Waals surface area contributed by atoms with Crippen LogP contribution in [0.2, 0.25) is 0 Å². The number of ether oxygens (including phenoxy) is 1. The van der Waals surface area contributed by atoms with E-state index in [4.69, 9.17) is 4.74 Å². The van der Waals surface area contributed by atoms with Gasteiger partial charge in [-0.25, -0.2) is 9.18 Å². The molecule has 0 atom stereocenters. The first-order valence-corrected chi connectivity index (χ1v) is 5.88. The molecule has 5 heteroatoms. The minimum absolute atomic E-state index is 0.129. The summed E-state index contributed by atoms with van der Waals surface area (Å²) in [6.45, 7) is 5.57. The van der Waals surface area contributed by atoms with Crippen LogP contribution in [0.25, 0.3) is 0 Å². The van der Waals surface area contributed by atoms with Crippen molar-refractivity contribution in [1.29, 1.82) is 0 Å². The Morgan fingerprint density at radius 2 is 1.94 bits per heavy atom. The third-order valence-corrected chi connectivity index (χ3v) is 2.73. The van der Waals surface area contributed by atoms with E-state index in [2.05, 4.69) is 5.32 Å². The molecule has 0 bridgehead atoms. The van der Waals surface area contributed by atoms with E-state index in [1.54, 1.807) is 0 Å². The quantitative estimate of drug-likeness (QED) is 0.760. The summed E-state index contributed by atoms with van der Waals surface area (Å²) in [4.78, 5) is 22.0. The topological polar surface area (TPSA) is 55.4 Å². The molecule has 17 heavy (non-hydrogen) atoms. The number of rotatable bonds is 2. The molecule has 1 aliphatic rings. The molecule has 98 valence electrons. The first-order chi connectivity index (χ1) is 7.74. The fourth-order valence-corrected chi connectivity index (χ4v) is 1.79. The zero-order valence-electron chi connectivity index (χ0n) is 10.6. The van der Waals surface area contributed by atoms with Crippen LogP contribution < -0.4 is 5.32 Å². The summed E-state index contributed by atoms with van der Waals surface area (Å²) < 4.78 is 18.7. The van der Waals surface area contributed by atoms with Gasteiger partial charge in [0, 0.05) is 5.54 Å². The number of alkyl carbamates (subject to hydrolysis) is 1. The number of hydrogen-bond acceptors (Lipinski definition) is 3. The average Bonchev–Trinajstić information content (AvgIpc) is 2.19. The minimum Gasteiger partial charge on any atom is -0.446 e. The molecule has 0 saturated heterocycles. The van der Waals surface area contributed by atoms with Gasteiger partial charge in [0.25, 0.3) is 0 Å². The van der Waals surface area contributed by atoms with Crippen LogP contribution in [0.15, 0.2) is 0 Å². The lowest BCUT2D eigenvalue weighted by Crippen LogP contribution is -2.43. The number of aldehydes is 1. The predicted molar refractivity (Wildman–Crippen MR) is 61.5 cm³/mol. The van der Waals surface area contributed by atoms with E-state index >= 15 is 0 Å². The van der Waals surface area contributed by atoms with Gasteiger partial charge in [0.05, 0.1) is 0 Å². The SMILES string of the molecule is CC(C)(C)NC(=O)OC1CCC(F)(C=O)CC1. The zero-order chi connectivity index (χ0) is 13.1. The molecular weight excluding hydrogens is 225 g/mol. The van der Waals surface area contributed by atoms with Gasteiger partial charge in [-0.05, 0) is 46.5 Å². The lowest BCUT2D eigenvalue weighted by molar-refractivity contribution is -0.121. The second-order valence-corrected chi connectivity index (χ2v) is 5.63. The highest BCUT2D eigenvalue weighted by molar-refractivity contribution is 5.68. The van der Waals surface area contributed by atoms with Crippen molar-refractivity contribution in [3.05, 3.63) is 0 Å². The van der Waals surface area contributed by atoms with Crippen LogP contribution in [-0.2, 0) is 9.53 Å². The molecule has 1 saturated carbocycles. The van der Waals surface area contributed by atoms with Crippen molar-refractivity contribution in [2.45, 2.75) is 63.8 Å². The standard InChI is InChI=1S/C12H20FNO3/c1-11(2,3)14-10(16)17-9-4-6-12(13,8-15)7-5-9/h8-9H,4-7H2,1-3H3,(H,14,16). The Morgan fingerprint density at radius 1 is 1.41 bits per heavy atom. The summed E-state index contributed by atoms with van der Waals surface area (Å²) in [5.41, 5.74) is -2.07. The smallest absolute Gasteiger partial charge is 0.407 e. The summed E-state index contributed by atoms with van der Waals surface area (Å²) >= 11 is 0. The Labute approximate surface area is 101 Å². The first-order valence-electron chi connectivity index (χ1n) is 5.88. The van der Waals surface area contributed by atoms with Gasteiger partial charge in [-0.1, -0.05) is 0 Å². The van der Waals surface area contributed by atoms with Crippen molar-refractivity contribution in [2.24, 2.45) is 0 Å². The lowest BCUT2D eigenvalue weighted by atomic mass is 9.86. The van der Waals surface area contributed by atoms with Gasteiger partial charge in [0.2, 0.25) is 0 Å². The Hall–Kier alpha value is -1.13. The van der Waals surface area contributed by atoms with E-state index in [0.717, 1.165) is 0 Å². The second-order valence-electron chi connectivity index (χ2n) is 5.63. The molecule has 1 amide bonds. The number of nitrogens with one attached hydrogen (secondary N) is 1. The van der Waals surface area contributed by atoms with Gasteiger partial charge in [0.1, 0.15) is 6.10 Å². The number of alkyl halides is 1. The van der Waals surface area contributed by atoms with E-state index in [1.807, 2.05) is 20.8 Å². The molecule has 1 N–H and O–H groups in total. The molecule has 1 fully saturated rings. The van der Waals surface area contributed by atoms with Crippen LogP contribution >= 0.6 is 0 Å². The van der Waals surface area contributed by atoms with Crippen molar-refractivity contribution in [3.8, 4) is 0 Å². The number of hydrogen-bond donors (Lipinski definition) is 1. The maximum Gasteiger partial charge on any atom is 0.407 e. The summed E-state index contributed by atoms with van der Waals surface area (Å²) in [6.07, 6.45) is 0.632. The Balaban J connectivity index is 2.36. The van der Waals surface area contributed by atoms with Gasteiger partial charge in [-0.3, -0.25) is 4.79 Å². The maximum absolute atomic E-state index is 13.6. The largest absolute Gasteiger partial charge is 0.446 e. The number of amides is 1. The van der Waals surface area contributed by atoms with Gasteiger partial charge >= 0.3 is 6.09 Å². The van der Waals surface area contributed by atoms with E-state index in [9.17, 15) is 14.0 Å². The van der Waals surface area contributed by atoms with E-state index in [-0.39, 0.29) is 24.5 Å². The van der Waals surface area contributed by atoms with Crippen molar-refractivity contribution < 1.29 is 18.7 Å². The lowest BCUT2D eigenvalue weighted by Gasteiger charge is -2.30. The van der Waals surface area contributed by atoms with E-state index in [0.29, 0.717) is 19.1 Å². The number of carbonyl (C=O) groups is 2. The molecular formula is C12H20FNO3. The van der Waals surface area contributed by atoms with Crippen LogP contribution in [0.3, 0.4) is 0 Å². The highest BCUT2D eigenvalue weighted by Gasteiger charge is 2.36. The van der Waals surface area contributed by atoms with Gasteiger partial charge < -0.3 is 10.1 Å². The molecule has 0 aromatic carbocycles. The Morgan fingerprint density at radius 3 is 2.35 bits per heavy atom. The average molecular weight is 245 g/mol. The van der Waals surface area contributed by atoms with Crippen LogP contribution in [-0.4, -0.2) is 29.7 Å². The first kappa shape index (κ1) is 13.9. The number of carbonyl (C=O) groups excluding carboxylic acids is 2. The molecule has 0 unspecified atom stereocenters. The molecule has 0 aromatic heterocycles. The molecule has 0 aromatic rings. The van der Waals surface area contributed by atoms with Crippen LogP contribution in [0.5, 0.6) is 0 Å². The molecule has 0 spiro atoms. The number of halogens is 1. The monoisotopic (exact) mass is 245 g/mol. The summed E-state index contributed by atoms with van der Waals surface area (Å²) in [6, 6.07) is 0. The zero-order valence-corrected chi connectivity index (χ0v) is 10.6. The van der Waals surface area contributed by atoms with Crippen LogP contribution in [0.1, 0.15) is 46.5 Å². The fraction of sp³-hybridized carbons (Fsp3) is 0.833. The molecule has 0 radical (unpaired) electrons. The van der Waals surface area contributed by atoms with E-state index < -0.39 is 11.8 Å². The van der Waals surface area contributed by atoms with Gasteiger partial charge in [0.15, 0.2) is 12.0 Å². The summed E-state index contributed by atoms with van der Waals surface area (Å²) in [5, 5.41) is 2.68. The Kier molecular flexibility index (Phi) is 4.11. The van der Waals surface area contributed by atoms with Gasteiger partial charge in [-0.15, -0.1) is 0 Å². The predicted octanol–water partition coefficient (Wildman–Crippen LogP) is 2.36. The second kappa shape index (κ2) is 5.02. The molecule has 1 aliphatic carbocycles. The van der Waals surface area contributed by atoms with Crippen molar-refractivity contribution in [1.82, 2.24) is 5.32 Å². The molecule has 0 heterocycles.